The first-order valence-electron chi connectivity index (χ1n) is 6.86. The summed E-state index contributed by atoms with van der Waals surface area (Å²) in [5.74, 6) is -0.0714. The highest BCUT2D eigenvalue weighted by Gasteiger charge is 2.20. The Hall–Kier alpha value is -0.610. The summed E-state index contributed by atoms with van der Waals surface area (Å²) in [6.45, 7) is 4.92. The van der Waals surface area contributed by atoms with E-state index in [1.807, 2.05) is 4.90 Å². The van der Waals surface area contributed by atoms with Gasteiger partial charge in [-0.25, -0.2) is 0 Å². The van der Waals surface area contributed by atoms with Gasteiger partial charge in [-0.2, -0.15) is 0 Å². The van der Waals surface area contributed by atoms with Gasteiger partial charge in [0.2, 0.25) is 0 Å². The second-order valence-electron chi connectivity index (χ2n) is 4.71. The number of nitrogens with zero attached hydrogens (tertiary/aromatic N) is 1. The van der Waals surface area contributed by atoms with Crippen LogP contribution in [0.1, 0.15) is 37.0 Å². The van der Waals surface area contributed by atoms with Crippen molar-refractivity contribution < 1.29 is 9.90 Å². The zero-order valence-corrected chi connectivity index (χ0v) is 13.4. The molecule has 0 spiro atoms. The van der Waals surface area contributed by atoms with E-state index < -0.39 is 0 Å². The van der Waals surface area contributed by atoms with Gasteiger partial charge < -0.3 is 5.11 Å². The van der Waals surface area contributed by atoms with Gasteiger partial charge >= 0.3 is 0 Å². The van der Waals surface area contributed by atoms with Crippen molar-refractivity contribution in [3.05, 3.63) is 33.8 Å². The minimum absolute atomic E-state index is 0.0348. The SMILES string of the molecule is CCC(CC)N(CCO)CC(=O)c1cc(Cl)ccc1Cl. The molecule has 0 saturated carbocycles. The lowest BCUT2D eigenvalue weighted by Gasteiger charge is -2.29. The molecule has 5 heteroatoms. The average molecular weight is 318 g/mol. The third-order valence-corrected chi connectivity index (χ3v) is 3.99. The molecule has 0 aliphatic heterocycles. The van der Waals surface area contributed by atoms with E-state index in [2.05, 4.69) is 13.8 Å². The van der Waals surface area contributed by atoms with Gasteiger partial charge in [-0.1, -0.05) is 37.0 Å². The molecule has 0 saturated heterocycles. The predicted molar refractivity (Wildman–Crippen MR) is 83.8 cm³/mol. The molecular formula is C15H21Cl2NO2. The highest BCUT2D eigenvalue weighted by Crippen LogP contribution is 2.22. The lowest BCUT2D eigenvalue weighted by molar-refractivity contribution is 0.0850. The lowest BCUT2D eigenvalue weighted by atomic mass is 10.1. The number of benzene rings is 1. The first kappa shape index (κ1) is 17.4. The maximum Gasteiger partial charge on any atom is 0.178 e. The van der Waals surface area contributed by atoms with Gasteiger partial charge in [0.1, 0.15) is 0 Å². The summed E-state index contributed by atoms with van der Waals surface area (Å²) in [7, 11) is 0. The van der Waals surface area contributed by atoms with E-state index in [-0.39, 0.29) is 25.0 Å². The molecule has 0 amide bonds. The molecule has 1 aromatic rings. The van der Waals surface area contributed by atoms with Crippen molar-refractivity contribution >= 4 is 29.0 Å². The maximum atomic E-state index is 12.4. The third-order valence-electron chi connectivity index (χ3n) is 3.42. The van der Waals surface area contributed by atoms with Crippen LogP contribution in [0.25, 0.3) is 0 Å². The van der Waals surface area contributed by atoms with E-state index in [1.165, 1.54) is 0 Å². The number of rotatable bonds is 8. The Morgan fingerprint density at radius 2 is 1.95 bits per heavy atom. The van der Waals surface area contributed by atoms with Gasteiger partial charge in [-0.15, -0.1) is 0 Å². The van der Waals surface area contributed by atoms with Crippen LogP contribution in [0.4, 0.5) is 0 Å². The number of aliphatic hydroxyl groups is 1. The predicted octanol–water partition coefficient (Wildman–Crippen LogP) is 3.66. The molecule has 0 fully saturated rings. The van der Waals surface area contributed by atoms with Gasteiger partial charge in [0.15, 0.2) is 5.78 Å². The molecule has 0 aliphatic rings. The number of hydrogen-bond acceptors (Lipinski definition) is 3. The minimum atomic E-state index is -0.0714. The average Bonchev–Trinajstić information content (AvgIpc) is 2.43. The Kier molecular flexibility index (Phi) is 7.52. The number of halogens is 2. The zero-order valence-electron chi connectivity index (χ0n) is 11.9. The third kappa shape index (κ3) is 4.74. The summed E-state index contributed by atoms with van der Waals surface area (Å²) in [6.07, 6.45) is 1.88. The van der Waals surface area contributed by atoms with Crippen LogP contribution in [0.2, 0.25) is 10.0 Å². The largest absolute Gasteiger partial charge is 0.395 e. The number of aliphatic hydroxyl groups excluding tert-OH is 1. The second-order valence-corrected chi connectivity index (χ2v) is 5.56. The zero-order chi connectivity index (χ0) is 15.1. The van der Waals surface area contributed by atoms with Crippen molar-refractivity contribution in [1.82, 2.24) is 4.90 Å². The number of hydrogen-bond donors (Lipinski definition) is 1. The van der Waals surface area contributed by atoms with Gasteiger partial charge in [0.25, 0.3) is 0 Å². The topological polar surface area (TPSA) is 40.5 Å². The molecule has 0 aliphatic carbocycles. The van der Waals surface area contributed by atoms with E-state index in [4.69, 9.17) is 28.3 Å². The number of Topliss-reactive ketones (excluding diaryl/α,β-unsaturated/α-hetero) is 1. The quantitative estimate of drug-likeness (QED) is 0.744. The molecule has 1 N–H and O–H groups in total. The molecule has 112 valence electrons. The summed E-state index contributed by atoms with van der Waals surface area (Å²) in [4.78, 5) is 14.4. The summed E-state index contributed by atoms with van der Waals surface area (Å²) < 4.78 is 0. The van der Waals surface area contributed by atoms with E-state index in [9.17, 15) is 4.79 Å². The van der Waals surface area contributed by atoms with Gasteiger partial charge in [0, 0.05) is 23.2 Å². The molecule has 0 aromatic heterocycles. The molecule has 0 bridgehead atoms. The van der Waals surface area contributed by atoms with Crippen LogP contribution in [0.5, 0.6) is 0 Å². The van der Waals surface area contributed by atoms with Crippen LogP contribution in [0.15, 0.2) is 18.2 Å². The number of carbonyl (C=O) groups is 1. The molecule has 20 heavy (non-hydrogen) atoms. The molecule has 0 heterocycles. The number of ketones is 1. The summed E-state index contributed by atoms with van der Waals surface area (Å²) in [6, 6.07) is 5.16. The van der Waals surface area contributed by atoms with Crippen LogP contribution in [-0.2, 0) is 0 Å². The molecule has 0 atom stereocenters. The molecule has 1 rings (SSSR count). The maximum absolute atomic E-state index is 12.4. The Labute approximate surface area is 130 Å². The Morgan fingerprint density at radius 3 is 2.50 bits per heavy atom. The summed E-state index contributed by atoms with van der Waals surface area (Å²) >= 11 is 12.0. The fourth-order valence-electron chi connectivity index (χ4n) is 2.31. The van der Waals surface area contributed by atoms with Gasteiger partial charge in [-0.05, 0) is 31.0 Å². The van der Waals surface area contributed by atoms with E-state index >= 15 is 0 Å². The van der Waals surface area contributed by atoms with Crippen LogP contribution < -0.4 is 0 Å². The molecule has 0 unspecified atom stereocenters. The van der Waals surface area contributed by atoms with Crippen molar-refractivity contribution in [3.63, 3.8) is 0 Å². The van der Waals surface area contributed by atoms with Crippen LogP contribution in [-0.4, -0.2) is 41.5 Å². The van der Waals surface area contributed by atoms with Crippen molar-refractivity contribution in [2.24, 2.45) is 0 Å². The Bertz CT molecular complexity index is 447. The van der Waals surface area contributed by atoms with E-state index in [1.54, 1.807) is 18.2 Å². The first-order chi connectivity index (χ1) is 9.53. The monoisotopic (exact) mass is 317 g/mol. The number of carbonyl (C=O) groups excluding carboxylic acids is 1. The highest BCUT2D eigenvalue weighted by atomic mass is 35.5. The fraction of sp³-hybridized carbons (Fsp3) is 0.533. The summed E-state index contributed by atoms with van der Waals surface area (Å²) in [5, 5.41) is 10.1. The van der Waals surface area contributed by atoms with Gasteiger partial charge in [0.05, 0.1) is 18.2 Å². The van der Waals surface area contributed by atoms with Crippen molar-refractivity contribution in [1.29, 1.82) is 0 Å². The van der Waals surface area contributed by atoms with Crippen LogP contribution in [0, 0.1) is 0 Å². The molecule has 3 nitrogen and oxygen atoms in total. The van der Waals surface area contributed by atoms with Gasteiger partial charge in [-0.3, -0.25) is 9.69 Å². The first-order valence-corrected chi connectivity index (χ1v) is 7.62. The van der Waals surface area contributed by atoms with Crippen molar-refractivity contribution in [3.8, 4) is 0 Å². The second kappa shape index (κ2) is 8.63. The molecule has 1 aromatic carbocycles. The fourth-order valence-corrected chi connectivity index (χ4v) is 2.70. The van der Waals surface area contributed by atoms with E-state index in [0.29, 0.717) is 22.2 Å². The standard InChI is InChI=1S/C15H21Cl2NO2/c1-3-12(4-2)18(7-8-19)10-15(20)13-9-11(16)5-6-14(13)17/h5-6,9,12,19H,3-4,7-8,10H2,1-2H3. The molecule has 0 radical (unpaired) electrons. The lowest BCUT2D eigenvalue weighted by Crippen LogP contribution is -2.40. The van der Waals surface area contributed by atoms with Crippen LogP contribution in [0.3, 0.4) is 0 Å². The Morgan fingerprint density at radius 1 is 1.30 bits per heavy atom. The normalized spacial score (nSPS) is 11.3. The van der Waals surface area contributed by atoms with E-state index in [0.717, 1.165) is 12.8 Å². The molecular weight excluding hydrogens is 297 g/mol. The summed E-state index contributed by atoms with van der Waals surface area (Å²) in [5.41, 5.74) is 0.438. The highest BCUT2D eigenvalue weighted by molar-refractivity contribution is 6.36. The smallest absolute Gasteiger partial charge is 0.178 e. The van der Waals surface area contributed by atoms with Crippen molar-refractivity contribution in [2.75, 3.05) is 19.7 Å². The minimum Gasteiger partial charge on any atom is -0.395 e. The van der Waals surface area contributed by atoms with Crippen LogP contribution >= 0.6 is 23.2 Å². The van der Waals surface area contributed by atoms with Crippen molar-refractivity contribution in [2.45, 2.75) is 32.7 Å². The Balaban J connectivity index is 2.87.